The molecule has 0 fully saturated rings. The van der Waals surface area contributed by atoms with Gasteiger partial charge in [-0.2, -0.15) is 11.3 Å². The summed E-state index contributed by atoms with van der Waals surface area (Å²) in [5.74, 6) is 0.0245. The first-order chi connectivity index (χ1) is 12.9. The van der Waals surface area contributed by atoms with E-state index in [0.29, 0.717) is 34.9 Å². The lowest BCUT2D eigenvalue weighted by atomic mass is 9.74. The van der Waals surface area contributed by atoms with Crippen molar-refractivity contribution >= 4 is 33.6 Å². The lowest BCUT2D eigenvalue weighted by molar-refractivity contribution is -0.118. The fourth-order valence-electron chi connectivity index (χ4n) is 4.43. The number of benzene rings is 1. The van der Waals surface area contributed by atoms with E-state index in [1.54, 1.807) is 24.3 Å². The molecule has 1 unspecified atom stereocenters. The minimum atomic E-state index is -0.528. The van der Waals surface area contributed by atoms with Crippen LogP contribution in [0.4, 0.5) is 0 Å². The number of aromatic nitrogens is 2. The zero-order valence-electron chi connectivity index (χ0n) is 15.1. The molecule has 5 nitrogen and oxygen atoms in total. The summed E-state index contributed by atoms with van der Waals surface area (Å²) in [5.41, 5.74) is 1.44. The van der Waals surface area contributed by atoms with E-state index in [1.807, 2.05) is 30.7 Å². The van der Waals surface area contributed by atoms with E-state index in [2.05, 4.69) is 0 Å². The van der Waals surface area contributed by atoms with Gasteiger partial charge in [0.2, 0.25) is 0 Å². The van der Waals surface area contributed by atoms with Crippen LogP contribution in [0.25, 0.3) is 16.5 Å². The monoisotopic (exact) mass is 378 g/mol. The van der Waals surface area contributed by atoms with Crippen LogP contribution >= 0.6 is 11.3 Å². The van der Waals surface area contributed by atoms with Gasteiger partial charge in [-0.3, -0.25) is 14.4 Å². The maximum atomic E-state index is 13.4. The number of hydrogen-bond acceptors (Lipinski definition) is 4. The number of allylic oxidation sites excluding steroid dienone is 2. The molecule has 0 bridgehead atoms. The molecule has 5 rings (SSSR count). The molecule has 0 saturated carbocycles. The third-order valence-corrected chi connectivity index (χ3v) is 6.23. The van der Waals surface area contributed by atoms with Crippen LogP contribution in [-0.4, -0.2) is 15.1 Å². The Bertz CT molecular complexity index is 1260. The second-order valence-corrected chi connectivity index (χ2v) is 8.85. The lowest BCUT2D eigenvalue weighted by Crippen LogP contribution is -2.37. The molecule has 2 aliphatic rings. The first-order valence-corrected chi connectivity index (χ1v) is 9.89. The zero-order chi connectivity index (χ0) is 18.9. The minimum absolute atomic E-state index is 0.0245. The third kappa shape index (κ3) is 2.19. The third-order valence-electron chi connectivity index (χ3n) is 5.53. The SMILES string of the molecule is CC1(C)CC(=O)C2=C(C1)n1c(=O)c3ccccc3c(=O)n1C2c1ccsc1. The zero-order valence-corrected chi connectivity index (χ0v) is 15.9. The number of thiophene rings is 1. The number of rotatable bonds is 1. The fourth-order valence-corrected chi connectivity index (χ4v) is 5.11. The summed E-state index contributed by atoms with van der Waals surface area (Å²) >= 11 is 1.52. The highest BCUT2D eigenvalue weighted by Gasteiger charge is 2.44. The molecule has 1 aliphatic carbocycles. The molecule has 1 aliphatic heterocycles. The molecule has 2 aromatic heterocycles. The van der Waals surface area contributed by atoms with Crippen LogP contribution in [-0.2, 0) is 4.79 Å². The Kier molecular flexibility index (Phi) is 3.28. The van der Waals surface area contributed by atoms with E-state index < -0.39 is 6.04 Å². The van der Waals surface area contributed by atoms with E-state index >= 15 is 0 Å². The highest BCUT2D eigenvalue weighted by molar-refractivity contribution is 7.08. The predicted molar refractivity (Wildman–Crippen MR) is 106 cm³/mol. The first-order valence-electron chi connectivity index (χ1n) is 8.94. The molecule has 0 N–H and O–H groups in total. The van der Waals surface area contributed by atoms with Gasteiger partial charge in [0.1, 0.15) is 6.04 Å². The number of hydrogen-bond donors (Lipinski definition) is 0. The van der Waals surface area contributed by atoms with Crippen molar-refractivity contribution in [2.24, 2.45) is 5.41 Å². The Labute approximate surface area is 159 Å². The average molecular weight is 378 g/mol. The van der Waals surface area contributed by atoms with Gasteiger partial charge in [-0.25, -0.2) is 9.36 Å². The van der Waals surface area contributed by atoms with Crippen LogP contribution in [0, 0.1) is 5.41 Å². The van der Waals surface area contributed by atoms with Crippen molar-refractivity contribution in [3.8, 4) is 0 Å². The maximum absolute atomic E-state index is 13.4. The van der Waals surface area contributed by atoms with Crippen molar-refractivity contribution in [1.82, 2.24) is 9.36 Å². The molecule has 0 saturated heterocycles. The van der Waals surface area contributed by atoms with Crippen molar-refractivity contribution in [2.45, 2.75) is 32.7 Å². The molecular weight excluding hydrogens is 360 g/mol. The molecule has 0 radical (unpaired) electrons. The van der Waals surface area contributed by atoms with Gasteiger partial charge in [-0.1, -0.05) is 26.0 Å². The van der Waals surface area contributed by atoms with E-state index in [4.69, 9.17) is 0 Å². The Hall–Kier alpha value is -2.73. The second kappa shape index (κ2) is 5.39. The topological polar surface area (TPSA) is 61.1 Å². The number of Topliss-reactive ketones (excluding diaryl/α,β-unsaturated/α-hetero) is 1. The van der Waals surface area contributed by atoms with Gasteiger partial charge in [0.15, 0.2) is 5.78 Å². The van der Waals surface area contributed by atoms with E-state index in [0.717, 1.165) is 5.56 Å². The van der Waals surface area contributed by atoms with Crippen LogP contribution in [0.5, 0.6) is 0 Å². The fraction of sp³-hybridized carbons (Fsp3) is 0.286. The maximum Gasteiger partial charge on any atom is 0.277 e. The highest BCUT2D eigenvalue weighted by Crippen LogP contribution is 2.46. The van der Waals surface area contributed by atoms with E-state index in [-0.39, 0.29) is 22.3 Å². The lowest BCUT2D eigenvalue weighted by Gasteiger charge is -2.30. The largest absolute Gasteiger partial charge is 0.294 e. The molecule has 27 heavy (non-hydrogen) atoms. The number of fused-ring (bicyclic) bond motifs is 3. The quantitative estimate of drug-likeness (QED) is 0.652. The Morgan fingerprint density at radius 3 is 2.37 bits per heavy atom. The van der Waals surface area contributed by atoms with Gasteiger partial charge >= 0.3 is 0 Å². The molecule has 6 heteroatoms. The number of carbonyl (C=O) groups excluding carboxylic acids is 1. The van der Waals surface area contributed by atoms with Gasteiger partial charge in [0, 0.05) is 12.0 Å². The van der Waals surface area contributed by atoms with Crippen molar-refractivity contribution in [2.75, 3.05) is 0 Å². The minimum Gasteiger partial charge on any atom is -0.294 e. The Balaban J connectivity index is 1.95. The van der Waals surface area contributed by atoms with Gasteiger partial charge in [0.25, 0.3) is 11.1 Å². The second-order valence-electron chi connectivity index (χ2n) is 8.07. The molecule has 136 valence electrons. The van der Waals surface area contributed by atoms with Crippen molar-refractivity contribution < 1.29 is 4.79 Å². The number of nitrogens with zero attached hydrogens (tertiary/aromatic N) is 2. The van der Waals surface area contributed by atoms with Crippen molar-refractivity contribution in [1.29, 1.82) is 0 Å². The van der Waals surface area contributed by atoms with Gasteiger partial charge in [-0.05, 0) is 46.4 Å². The summed E-state index contributed by atoms with van der Waals surface area (Å²) in [6.07, 6.45) is 1.01. The summed E-state index contributed by atoms with van der Waals surface area (Å²) < 4.78 is 2.97. The summed E-state index contributed by atoms with van der Waals surface area (Å²) in [6, 6.07) is 8.28. The number of ketones is 1. The Morgan fingerprint density at radius 2 is 1.70 bits per heavy atom. The first kappa shape index (κ1) is 16.4. The smallest absolute Gasteiger partial charge is 0.277 e. The highest BCUT2D eigenvalue weighted by atomic mass is 32.1. The molecule has 3 heterocycles. The van der Waals surface area contributed by atoms with Gasteiger partial charge in [0.05, 0.1) is 16.5 Å². The van der Waals surface area contributed by atoms with Gasteiger partial charge < -0.3 is 0 Å². The van der Waals surface area contributed by atoms with Crippen LogP contribution in [0.1, 0.15) is 38.3 Å². The van der Waals surface area contributed by atoms with Crippen LogP contribution < -0.4 is 11.1 Å². The van der Waals surface area contributed by atoms with Crippen molar-refractivity contribution in [3.05, 3.63) is 72.9 Å². The summed E-state index contributed by atoms with van der Waals surface area (Å²) in [7, 11) is 0. The van der Waals surface area contributed by atoms with E-state index in [1.165, 1.54) is 20.7 Å². The summed E-state index contributed by atoms with van der Waals surface area (Å²) in [6.45, 7) is 4.06. The van der Waals surface area contributed by atoms with Crippen LogP contribution in [0.3, 0.4) is 0 Å². The molecule has 0 spiro atoms. The molecule has 0 amide bonds. The normalized spacial score (nSPS) is 20.8. The Morgan fingerprint density at radius 1 is 1.00 bits per heavy atom. The average Bonchev–Trinajstić information content (AvgIpc) is 3.24. The van der Waals surface area contributed by atoms with Crippen LogP contribution in [0.2, 0.25) is 0 Å². The molecule has 1 aromatic carbocycles. The standard InChI is InChI=1S/C21H18N2O3S/c1-21(2)9-15-17(16(24)10-21)18(12-7-8-27-11-12)23-20(26)14-6-4-3-5-13(14)19(25)22(15)23/h3-8,11,18H,9-10H2,1-2H3. The predicted octanol–water partition coefficient (Wildman–Crippen LogP) is 3.43. The number of carbonyl (C=O) groups is 1. The van der Waals surface area contributed by atoms with Crippen molar-refractivity contribution in [3.63, 3.8) is 0 Å². The summed E-state index contributed by atoms with van der Waals surface area (Å²) in [4.78, 5) is 39.8. The van der Waals surface area contributed by atoms with Crippen LogP contribution in [0.15, 0.2) is 56.3 Å². The van der Waals surface area contributed by atoms with E-state index in [9.17, 15) is 14.4 Å². The molecular formula is C21H18N2O3S. The molecule has 1 atom stereocenters. The van der Waals surface area contributed by atoms with Gasteiger partial charge in [-0.15, -0.1) is 0 Å². The molecule has 3 aromatic rings. The summed E-state index contributed by atoms with van der Waals surface area (Å²) in [5, 5.41) is 4.67.